The third-order valence-electron chi connectivity index (χ3n) is 3.69. The Bertz CT molecular complexity index is 480. The maximum atomic E-state index is 13.2. The number of aliphatic hydroxyl groups excluding tert-OH is 1. The van der Waals surface area contributed by atoms with Gasteiger partial charge < -0.3 is 10.4 Å². The molecule has 1 aliphatic heterocycles. The molecule has 0 unspecified atom stereocenters. The molecule has 0 saturated carbocycles. The highest BCUT2D eigenvalue weighted by Gasteiger charge is 2.37. The van der Waals surface area contributed by atoms with E-state index in [1.54, 1.807) is 0 Å². The van der Waals surface area contributed by atoms with Gasteiger partial charge in [0.15, 0.2) is 0 Å². The molecule has 1 aliphatic rings. The zero-order valence-electron chi connectivity index (χ0n) is 11.9. The van der Waals surface area contributed by atoms with Gasteiger partial charge in [0, 0.05) is 49.4 Å². The van der Waals surface area contributed by atoms with E-state index in [9.17, 15) is 18.3 Å². The molecule has 1 atom stereocenters. The molecule has 2 rings (SSSR count). The number of hydrogen-bond acceptors (Lipinski definition) is 3. The van der Waals surface area contributed by atoms with Crippen molar-refractivity contribution in [2.24, 2.45) is 0 Å². The Kier molecular flexibility index (Phi) is 7.41. The predicted molar refractivity (Wildman–Crippen MR) is 82.6 cm³/mol. The lowest BCUT2D eigenvalue weighted by Gasteiger charge is -2.36. The Labute approximate surface area is 138 Å². The fraction of sp³-hybridized carbons (Fsp3) is 0.571. The minimum atomic E-state index is -4.46. The molecule has 22 heavy (non-hydrogen) atoms. The van der Waals surface area contributed by atoms with Crippen molar-refractivity contribution >= 4 is 24.0 Å². The van der Waals surface area contributed by atoms with Crippen molar-refractivity contribution in [3.63, 3.8) is 0 Å². The number of alkyl halides is 3. The van der Waals surface area contributed by atoms with Crippen molar-refractivity contribution in [1.82, 2.24) is 10.2 Å². The first-order valence-corrected chi connectivity index (χ1v) is 7.24. The fourth-order valence-corrected chi connectivity index (χ4v) is 3.05. The van der Waals surface area contributed by atoms with Crippen LogP contribution in [0.25, 0.3) is 0 Å². The summed E-state index contributed by atoms with van der Waals surface area (Å²) in [5, 5.41) is 12.5. The van der Waals surface area contributed by atoms with Crippen LogP contribution in [-0.2, 0) is 6.18 Å². The molecule has 0 radical (unpaired) electrons. The predicted octanol–water partition coefficient (Wildman–Crippen LogP) is 3.11. The van der Waals surface area contributed by atoms with Gasteiger partial charge in [-0.25, -0.2) is 0 Å². The molecule has 0 amide bonds. The summed E-state index contributed by atoms with van der Waals surface area (Å²) in [5.74, 6) is 0. The first kappa shape index (κ1) is 19.5. The molecule has 1 aromatic carbocycles. The van der Waals surface area contributed by atoms with E-state index >= 15 is 0 Å². The van der Waals surface area contributed by atoms with Gasteiger partial charge in [0.25, 0.3) is 0 Å². The monoisotopic (exact) mass is 358 g/mol. The van der Waals surface area contributed by atoms with Crippen LogP contribution in [0.1, 0.15) is 23.6 Å². The van der Waals surface area contributed by atoms with Gasteiger partial charge in [0.2, 0.25) is 0 Å². The van der Waals surface area contributed by atoms with Crippen LogP contribution in [0, 0.1) is 0 Å². The normalized spacial score (nSPS) is 17.9. The standard InChI is InChI=1S/C14H18ClF3N2O.ClH/c15-11-3-1-2-10(14(16,17)18)13(11)12(4-9-21)20-7-5-19-6-8-20;/h1-3,12,19,21H,4-9H2;1H/t12-;/m0./s1. The number of aliphatic hydroxyl groups is 1. The lowest BCUT2D eigenvalue weighted by molar-refractivity contribution is -0.138. The first-order chi connectivity index (χ1) is 9.95. The average molecular weight is 359 g/mol. The lowest BCUT2D eigenvalue weighted by atomic mass is 9.95. The molecule has 3 nitrogen and oxygen atoms in total. The van der Waals surface area contributed by atoms with E-state index in [2.05, 4.69) is 5.32 Å². The molecule has 0 bridgehead atoms. The quantitative estimate of drug-likeness (QED) is 0.867. The fourth-order valence-electron chi connectivity index (χ4n) is 2.75. The SMILES string of the molecule is Cl.OCC[C@@H](c1c(Cl)cccc1C(F)(F)F)N1CCNCC1. The molecule has 2 N–H and O–H groups in total. The van der Waals surface area contributed by atoms with Crippen molar-refractivity contribution in [2.75, 3.05) is 32.8 Å². The summed E-state index contributed by atoms with van der Waals surface area (Å²) in [5.41, 5.74) is -0.644. The minimum Gasteiger partial charge on any atom is -0.396 e. The van der Waals surface area contributed by atoms with Crippen molar-refractivity contribution in [3.05, 3.63) is 34.3 Å². The lowest BCUT2D eigenvalue weighted by Crippen LogP contribution is -2.45. The number of rotatable bonds is 4. The van der Waals surface area contributed by atoms with E-state index in [0.717, 1.165) is 6.07 Å². The number of nitrogens with zero attached hydrogens (tertiary/aromatic N) is 1. The molecular weight excluding hydrogens is 340 g/mol. The van der Waals surface area contributed by atoms with Gasteiger partial charge in [-0.05, 0) is 18.6 Å². The van der Waals surface area contributed by atoms with E-state index in [0.29, 0.717) is 26.2 Å². The molecule has 1 fully saturated rings. The van der Waals surface area contributed by atoms with Crippen LogP contribution in [0.4, 0.5) is 13.2 Å². The van der Waals surface area contributed by atoms with Crippen LogP contribution in [0.3, 0.4) is 0 Å². The van der Waals surface area contributed by atoms with Gasteiger partial charge in [-0.15, -0.1) is 12.4 Å². The van der Waals surface area contributed by atoms with Gasteiger partial charge in [-0.2, -0.15) is 13.2 Å². The van der Waals surface area contributed by atoms with Crippen LogP contribution >= 0.6 is 24.0 Å². The number of piperazine rings is 1. The number of halogens is 5. The zero-order valence-corrected chi connectivity index (χ0v) is 13.4. The first-order valence-electron chi connectivity index (χ1n) is 6.86. The third-order valence-corrected chi connectivity index (χ3v) is 4.02. The van der Waals surface area contributed by atoms with Gasteiger partial charge in [-0.3, -0.25) is 4.90 Å². The zero-order chi connectivity index (χ0) is 15.5. The molecule has 0 aliphatic carbocycles. The molecule has 1 heterocycles. The Morgan fingerprint density at radius 3 is 2.45 bits per heavy atom. The topological polar surface area (TPSA) is 35.5 Å². The molecule has 1 saturated heterocycles. The Balaban J connectivity index is 0.00000242. The second-order valence-corrected chi connectivity index (χ2v) is 5.42. The summed E-state index contributed by atoms with van der Waals surface area (Å²) < 4.78 is 39.7. The number of benzene rings is 1. The van der Waals surface area contributed by atoms with Crippen molar-refractivity contribution < 1.29 is 18.3 Å². The largest absolute Gasteiger partial charge is 0.416 e. The van der Waals surface area contributed by atoms with E-state index in [-0.39, 0.29) is 36.0 Å². The minimum absolute atomic E-state index is 0. The van der Waals surface area contributed by atoms with Crippen LogP contribution in [0.15, 0.2) is 18.2 Å². The average Bonchev–Trinajstić information content (AvgIpc) is 2.45. The Hall–Kier alpha value is -0.530. The second-order valence-electron chi connectivity index (χ2n) is 5.01. The number of nitrogens with one attached hydrogen (secondary N) is 1. The van der Waals surface area contributed by atoms with Gasteiger partial charge in [-0.1, -0.05) is 17.7 Å². The molecule has 0 aromatic heterocycles. The van der Waals surface area contributed by atoms with Crippen LogP contribution in [0.2, 0.25) is 5.02 Å². The molecular formula is C14H19Cl2F3N2O. The summed E-state index contributed by atoms with van der Waals surface area (Å²) in [6.07, 6.45) is -4.23. The highest BCUT2D eigenvalue weighted by atomic mass is 35.5. The van der Waals surface area contributed by atoms with Crippen molar-refractivity contribution in [2.45, 2.75) is 18.6 Å². The van der Waals surface area contributed by atoms with Gasteiger partial charge >= 0.3 is 6.18 Å². The highest BCUT2D eigenvalue weighted by molar-refractivity contribution is 6.31. The molecule has 1 aromatic rings. The molecule has 126 valence electrons. The van der Waals surface area contributed by atoms with Gasteiger partial charge in [0.05, 0.1) is 5.56 Å². The van der Waals surface area contributed by atoms with E-state index < -0.39 is 17.8 Å². The summed E-state index contributed by atoms with van der Waals surface area (Å²) >= 11 is 6.06. The number of hydrogen-bond donors (Lipinski definition) is 2. The maximum Gasteiger partial charge on any atom is 0.416 e. The van der Waals surface area contributed by atoms with Crippen LogP contribution in [-0.4, -0.2) is 42.8 Å². The van der Waals surface area contributed by atoms with Crippen molar-refractivity contribution in [1.29, 1.82) is 0 Å². The summed E-state index contributed by atoms with van der Waals surface area (Å²) in [6.45, 7) is 2.51. The van der Waals surface area contributed by atoms with E-state index in [1.165, 1.54) is 12.1 Å². The summed E-state index contributed by atoms with van der Waals surface area (Å²) in [6, 6.07) is 3.30. The highest BCUT2D eigenvalue weighted by Crippen LogP contribution is 2.41. The van der Waals surface area contributed by atoms with Crippen LogP contribution < -0.4 is 5.32 Å². The Morgan fingerprint density at radius 2 is 1.91 bits per heavy atom. The molecule has 0 spiro atoms. The summed E-state index contributed by atoms with van der Waals surface area (Å²) in [4.78, 5) is 1.95. The van der Waals surface area contributed by atoms with Crippen molar-refractivity contribution in [3.8, 4) is 0 Å². The second kappa shape index (κ2) is 8.36. The van der Waals surface area contributed by atoms with Gasteiger partial charge in [0.1, 0.15) is 0 Å². The van der Waals surface area contributed by atoms with E-state index in [1.807, 2.05) is 4.90 Å². The molecule has 8 heteroatoms. The summed E-state index contributed by atoms with van der Waals surface area (Å²) in [7, 11) is 0. The third kappa shape index (κ3) is 4.49. The van der Waals surface area contributed by atoms with E-state index in [4.69, 9.17) is 11.6 Å². The smallest absolute Gasteiger partial charge is 0.396 e. The Morgan fingerprint density at radius 1 is 1.27 bits per heavy atom. The maximum absolute atomic E-state index is 13.2. The van der Waals surface area contributed by atoms with Crippen LogP contribution in [0.5, 0.6) is 0 Å².